The zero-order chi connectivity index (χ0) is 10.8. The summed E-state index contributed by atoms with van der Waals surface area (Å²) in [6.07, 6.45) is 11.9. The fraction of sp³-hybridized carbons (Fsp3) is 0.583. The van der Waals surface area contributed by atoms with Gasteiger partial charge in [-0.1, -0.05) is 12.8 Å². The monoisotopic (exact) mass is 189 g/mol. The molecule has 0 spiro atoms. The number of rotatable bonds is 2. The highest BCUT2D eigenvalue weighted by atomic mass is 16.2. The van der Waals surface area contributed by atoms with Crippen molar-refractivity contribution < 1.29 is 4.79 Å². The largest absolute Gasteiger partial charge is 0.325 e. The zero-order valence-electron chi connectivity index (χ0n) is 8.71. The van der Waals surface area contributed by atoms with E-state index in [9.17, 15) is 4.79 Å². The molecular formula is C12H15NO. The van der Waals surface area contributed by atoms with Crippen molar-refractivity contribution in [3.63, 3.8) is 0 Å². The SMILES string of the molecule is C#CC1CC(=O)N(C(C)(C#C)CC)C1. The van der Waals surface area contributed by atoms with E-state index in [4.69, 9.17) is 12.8 Å². The van der Waals surface area contributed by atoms with E-state index in [0.717, 1.165) is 6.42 Å². The van der Waals surface area contributed by atoms with Gasteiger partial charge in [-0.3, -0.25) is 4.79 Å². The Bertz CT molecular complexity index is 320. The van der Waals surface area contributed by atoms with Gasteiger partial charge in [-0.25, -0.2) is 0 Å². The number of hydrogen-bond donors (Lipinski definition) is 0. The third-order valence-corrected chi connectivity index (χ3v) is 2.96. The van der Waals surface area contributed by atoms with Crippen LogP contribution in [0.3, 0.4) is 0 Å². The Hall–Kier alpha value is -1.41. The van der Waals surface area contributed by atoms with E-state index in [1.54, 1.807) is 4.90 Å². The second-order valence-electron chi connectivity index (χ2n) is 3.84. The Morgan fingerprint density at radius 1 is 1.64 bits per heavy atom. The summed E-state index contributed by atoms with van der Waals surface area (Å²) >= 11 is 0. The molecule has 0 bridgehead atoms. The van der Waals surface area contributed by atoms with Crippen molar-refractivity contribution in [3.8, 4) is 24.7 Å². The van der Waals surface area contributed by atoms with Crippen molar-refractivity contribution in [1.29, 1.82) is 0 Å². The van der Waals surface area contributed by atoms with Crippen molar-refractivity contribution in [2.24, 2.45) is 5.92 Å². The predicted octanol–water partition coefficient (Wildman–Crippen LogP) is 1.27. The van der Waals surface area contributed by atoms with E-state index in [1.165, 1.54) is 0 Å². The van der Waals surface area contributed by atoms with Crippen LogP contribution in [0.5, 0.6) is 0 Å². The lowest BCUT2D eigenvalue weighted by molar-refractivity contribution is -0.131. The zero-order valence-corrected chi connectivity index (χ0v) is 8.71. The van der Waals surface area contributed by atoms with Crippen molar-refractivity contribution in [2.75, 3.05) is 6.54 Å². The Labute approximate surface area is 85.7 Å². The molecule has 0 aromatic heterocycles. The molecule has 0 saturated carbocycles. The summed E-state index contributed by atoms with van der Waals surface area (Å²) in [7, 11) is 0. The maximum Gasteiger partial charge on any atom is 0.225 e. The Kier molecular flexibility index (Phi) is 2.87. The summed E-state index contributed by atoms with van der Waals surface area (Å²) in [4.78, 5) is 13.4. The summed E-state index contributed by atoms with van der Waals surface area (Å²) in [6.45, 7) is 4.49. The number of nitrogens with zero attached hydrogens (tertiary/aromatic N) is 1. The van der Waals surface area contributed by atoms with Crippen LogP contribution in [0.15, 0.2) is 0 Å². The van der Waals surface area contributed by atoms with Gasteiger partial charge in [-0.15, -0.1) is 18.8 Å². The minimum Gasteiger partial charge on any atom is -0.325 e. The molecule has 1 saturated heterocycles. The van der Waals surface area contributed by atoms with Gasteiger partial charge >= 0.3 is 0 Å². The third kappa shape index (κ3) is 1.61. The molecule has 2 unspecified atom stereocenters. The van der Waals surface area contributed by atoms with Crippen LogP contribution < -0.4 is 0 Å². The van der Waals surface area contributed by atoms with Crippen LogP contribution in [-0.2, 0) is 4.79 Å². The van der Waals surface area contributed by atoms with Gasteiger partial charge < -0.3 is 4.90 Å². The Balaban J connectivity index is 2.86. The van der Waals surface area contributed by atoms with Crippen LogP contribution in [0.2, 0.25) is 0 Å². The molecule has 1 fully saturated rings. The van der Waals surface area contributed by atoms with E-state index in [-0.39, 0.29) is 11.8 Å². The van der Waals surface area contributed by atoms with E-state index in [2.05, 4.69) is 11.8 Å². The summed E-state index contributed by atoms with van der Waals surface area (Å²) in [5.74, 6) is 5.40. The molecule has 1 aliphatic rings. The van der Waals surface area contributed by atoms with Gasteiger partial charge in [0.1, 0.15) is 5.54 Å². The first-order valence-electron chi connectivity index (χ1n) is 4.81. The van der Waals surface area contributed by atoms with Gasteiger partial charge in [-0.05, 0) is 13.3 Å². The molecule has 2 atom stereocenters. The van der Waals surface area contributed by atoms with E-state index < -0.39 is 5.54 Å². The lowest BCUT2D eigenvalue weighted by Crippen LogP contribution is -2.45. The molecule has 0 radical (unpaired) electrons. The summed E-state index contributed by atoms with van der Waals surface area (Å²) in [6, 6.07) is 0. The molecule has 1 amide bonds. The quantitative estimate of drug-likeness (QED) is 0.599. The van der Waals surface area contributed by atoms with E-state index in [0.29, 0.717) is 13.0 Å². The number of carbonyl (C=O) groups excluding carboxylic acids is 1. The maximum atomic E-state index is 11.6. The van der Waals surface area contributed by atoms with Gasteiger partial charge in [0.2, 0.25) is 5.91 Å². The van der Waals surface area contributed by atoms with Crippen molar-refractivity contribution in [1.82, 2.24) is 4.90 Å². The minimum atomic E-state index is -0.470. The van der Waals surface area contributed by atoms with E-state index >= 15 is 0 Å². The first-order valence-corrected chi connectivity index (χ1v) is 4.81. The molecular weight excluding hydrogens is 174 g/mol. The third-order valence-electron chi connectivity index (χ3n) is 2.96. The van der Waals surface area contributed by atoms with Gasteiger partial charge in [0.15, 0.2) is 0 Å². The number of carbonyl (C=O) groups is 1. The Morgan fingerprint density at radius 3 is 2.64 bits per heavy atom. The standard InChI is InChI=1S/C12H15NO/c1-5-10-8-11(14)13(9-10)12(4,6-2)7-3/h1-2,10H,7-9H2,3-4H3. The number of terminal acetylenes is 2. The predicted molar refractivity (Wildman–Crippen MR) is 56.2 cm³/mol. The molecule has 0 aromatic rings. The molecule has 74 valence electrons. The molecule has 1 aliphatic heterocycles. The van der Waals surface area contributed by atoms with Crippen LogP contribution >= 0.6 is 0 Å². The van der Waals surface area contributed by atoms with Gasteiger partial charge in [-0.2, -0.15) is 0 Å². The molecule has 1 rings (SSSR count). The number of likely N-dealkylation sites (tertiary alicyclic amines) is 1. The molecule has 0 aromatic carbocycles. The highest BCUT2D eigenvalue weighted by molar-refractivity contribution is 5.80. The molecule has 2 nitrogen and oxygen atoms in total. The molecule has 14 heavy (non-hydrogen) atoms. The fourth-order valence-electron chi connectivity index (χ4n) is 1.67. The average Bonchev–Trinajstić information content (AvgIpc) is 2.59. The molecule has 0 N–H and O–H groups in total. The highest BCUT2D eigenvalue weighted by Gasteiger charge is 2.38. The summed E-state index contributed by atoms with van der Waals surface area (Å²) in [5, 5.41) is 0. The molecule has 1 heterocycles. The van der Waals surface area contributed by atoms with Gasteiger partial charge in [0.25, 0.3) is 0 Å². The number of amides is 1. The lowest BCUT2D eigenvalue weighted by atomic mass is 9.98. The van der Waals surface area contributed by atoms with Crippen molar-refractivity contribution in [2.45, 2.75) is 32.2 Å². The normalized spacial score (nSPS) is 25.3. The lowest BCUT2D eigenvalue weighted by Gasteiger charge is -2.33. The van der Waals surface area contributed by atoms with Crippen molar-refractivity contribution in [3.05, 3.63) is 0 Å². The van der Waals surface area contributed by atoms with Crippen LogP contribution in [0, 0.1) is 30.6 Å². The number of hydrogen-bond acceptors (Lipinski definition) is 1. The van der Waals surface area contributed by atoms with Crippen molar-refractivity contribution >= 4 is 5.91 Å². The second-order valence-corrected chi connectivity index (χ2v) is 3.84. The Morgan fingerprint density at radius 2 is 2.29 bits per heavy atom. The summed E-state index contributed by atoms with van der Waals surface area (Å²) in [5.41, 5.74) is -0.470. The van der Waals surface area contributed by atoms with Crippen LogP contribution in [0.1, 0.15) is 26.7 Å². The van der Waals surface area contributed by atoms with Crippen LogP contribution in [0.25, 0.3) is 0 Å². The summed E-state index contributed by atoms with van der Waals surface area (Å²) < 4.78 is 0. The van der Waals surface area contributed by atoms with Crippen LogP contribution in [-0.4, -0.2) is 22.9 Å². The highest BCUT2D eigenvalue weighted by Crippen LogP contribution is 2.27. The topological polar surface area (TPSA) is 20.3 Å². The van der Waals surface area contributed by atoms with E-state index in [1.807, 2.05) is 13.8 Å². The van der Waals surface area contributed by atoms with Gasteiger partial charge in [0.05, 0.1) is 0 Å². The average molecular weight is 189 g/mol. The molecule has 2 heteroatoms. The smallest absolute Gasteiger partial charge is 0.225 e. The first kappa shape index (κ1) is 10.7. The first-order chi connectivity index (χ1) is 6.57. The molecule has 0 aliphatic carbocycles. The fourth-order valence-corrected chi connectivity index (χ4v) is 1.67. The minimum absolute atomic E-state index is 0.0294. The van der Waals surface area contributed by atoms with Gasteiger partial charge in [0, 0.05) is 18.9 Å². The maximum absolute atomic E-state index is 11.6. The van der Waals surface area contributed by atoms with Crippen LogP contribution in [0.4, 0.5) is 0 Å². The second kappa shape index (κ2) is 3.76.